The highest BCUT2D eigenvalue weighted by atomic mass is 14.6. The van der Waals surface area contributed by atoms with E-state index in [9.17, 15) is 0 Å². The molecule has 10 heavy (non-hydrogen) atoms. The summed E-state index contributed by atoms with van der Waals surface area (Å²) in [6.07, 6.45) is 5.45. The molecule has 0 spiro atoms. The molecule has 0 aromatic heterocycles. The summed E-state index contributed by atoms with van der Waals surface area (Å²) in [6, 6.07) is 0. The Hall–Kier alpha value is -0.850. The average Bonchev–Trinajstić information content (AvgIpc) is 2.04. The van der Waals surface area contributed by atoms with Gasteiger partial charge in [-0.3, -0.25) is 4.99 Å². The zero-order chi connectivity index (χ0) is 8.41. The molecule has 0 fully saturated rings. The third-order valence-corrected chi connectivity index (χ3v) is 0.808. The highest BCUT2D eigenvalue weighted by molar-refractivity contribution is 5.72. The van der Waals surface area contributed by atoms with Gasteiger partial charge in [0.25, 0.3) is 0 Å². The van der Waals surface area contributed by atoms with E-state index >= 15 is 0 Å². The summed E-state index contributed by atoms with van der Waals surface area (Å²) in [4.78, 5) is 3.77. The Bertz CT molecular complexity index is 121. The quantitative estimate of drug-likeness (QED) is 0.412. The normalized spacial score (nSPS) is 10.6. The minimum absolute atomic E-state index is 1.13. The van der Waals surface area contributed by atoms with Gasteiger partial charge in [-0.1, -0.05) is 32.1 Å². The van der Waals surface area contributed by atoms with E-state index in [2.05, 4.69) is 11.6 Å². The van der Waals surface area contributed by atoms with Gasteiger partial charge in [0.15, 0.2) is 0 Å². The number of aliphatic imine (C=N–C) groups is 1. The summed E-state index contributed by atoms with van der Waals surface area (Å²) in [7, 11) is 1.74. The molecule has 0 saturated carbocycles. The van der Waals surface area contributed by atoms with Crippen molar-refractivity contribution in [2.24, 2.45) is 4.99 Å². The number of hydrogen-bond acceptors (Lipinski definition) is 1. The Morgan fingerprint density at radius 1 is 1.40 bits per heavy atom. The molecule has 0 bridgehead atoms. The Labute approximate surface area is 64.2 Å². The van der Waals surface area contributed by atoms with Gasteiger partial charge in [-0.2, -0.15) is 0 Å². The number of allylic oxidation sites excluding steroid dienone is 3. The molecule has 0 rings (SSSR count). The van der Waals surface area contributed by atoms with Crippen molar-refractivity contribution >= 4 is 6.21 Å². The molecular formula is C9H17N. The van der Waals surface area contributed by atoms with Crippen LogP contribution in [0.15, 0.2) is 29.3 Å². The van der Waals surface area contributed by atoms with Gasteiger partial charge in [0.1, 0.15) is 0 Å². The lowest BCUT2D eigenvalue weighted by Gasteiger charge is -1.81. The average molecular weight is 139 g/mol. The second kappa shape index (κ2) is 11.0. The smallest absolute Gasteiger partial charge is 0.0277 e. The minimum atomic E-state index is 1.13. The maximum atomic E-state index is 3.77. The summed E-state index contributed by atoms with van der Waals surface area (Å²) >= 11 is 0. The van der Waals surface area contributed by atoms with Crippen molar-refractivity contribution in [1.29, 1.82) is 0 Å². The lowest BCUT2D eigenvalue weighted by atomic mass is 10.3. The third-order valence-electron chi connectivity index (χ3n) is 0.808. The topological polar surface area (TPSA) is 12.4 Å². The fourth-order valence-electron chi connectivity index (χ4n) is 0.260. The SMILES string of the molecule is C=C/C(C)=C\C=NC.CC. The molecule has 0 aromatic rings. The van der Waals surface area contributed by atoms with Crippen molar-refractivity contribution < 1.29 is 0 Å². The minimum Gasteiger partial charge on any atom is -0.297 e. The van der Waals surface area contributed by atoms with Gasteiger partial charge in [-0.15, -0.1) is 0 Å². The highest BCUT2D eigenvalue weighted by Gasteiger charge is 1.70. The van der Waals surface area contributed by atoms with Crippen molar-refractivity contribution in [3.8, 4) is 0 Å². The number of rotatable bonds is 2. The van der Waals surface area contributed by atoms with E-state index in [1.165, 1.54) is 0 Å². The molecule has 0 N–H and O–H groups in total. The second-order valence-corrected chi connectivity index (χ2v) is 1.52. The van der Waals surface area contributed by atoms with Gasteiger partial charge in [0.05, 0.1) is 0 Å². The molecule has 1 nitrogen and oxygen atoms in total. The van der Waals surface area contributed by atoms with Crippen LogP contribution in [0.2, 0.25) is 0 Å². The molecule has 0 atom stereocenters. The second-order valence-electron chi connectivity index (χ2n) is 1.52. The summed E-state index contributed by atoms with van der Waals surface area (Å²) < 4.78 is 0. The lowest BCUT2D eigenvalue weighted by molar-refractivity contribution is 1.46. The zero-order valence-electron chi connectivity index (χ0n) is 7.39. The van der Waals surface area contributed by atoms with E-state index in [0.717, 1.165) is 5.57 Å². The van der Waals surface area contributed by atoms with Crippen LogP contribution in [0.4, 0.5) is 0 Å². The standard InChI is InChI=1S/C7H11N.C2H6/c1-4-7(2)5-6-8-3;1-2/h4-6H,1H2,2-3H3;1-2H3/b7-5-,8-6?;. The fraction of sp³-hybridized carbons (Fsp3) is 0.444. The van der Waals surface area contributed by atoms with Crippen LogP contribution in [0.5, 0.6) is 0 Å². The van der Waals surface area contributed by atoms with Gasteiger partial charge >= 0.3 is 0 Å². The fourth-order valence-corrected chi connectivity index (χ4v) is 0.260. The maximum Gasteiger partial charge on any atom is 0.0277 e. The summed E-state index contributed by atoms with van der Waals surface area (Å²) in [5.74, 6) is 0. The van der Waals surface area contributed by atoms with Crippen LogP contribution in [0.3, 0.4) is 0 Å². The van der Waals surface area contributed by atoms with E-state index in [1.54, 1.807) is 19.3 Å². The molecule has 0 aliphatic carbocycles. The number of nitrogens with zero attached hydrogens (tertiary/aromatic N) is 1. The largest absolute Gasteiger partial charge is 0.297 e. The van der Waals surface area contributed by atoms with Crippen molar-refractivity contribution in [2.45, 2.75) is 20.8 Å². The van der Waals surface area contributed by atoms with E-state index in [0.29, 0.717) is 0 Å². The van der Waals surface area contributed by atoms with Crippen LogP contribution < -0.4 is 0 Å². The molecule has 0 aliphatic rings. The Kier molecular flexibility index (Phi) is 13.1. The summed E-state index contributed by atoms with van der Waals surface area (Å²) in [5.41, 5.74) is 1.13. The van der Waals surface area contributed by atoms with E-state index in [-0.39, 0.29) is 0 Å². The maximum absolute atomic E-state index is 3.77. The Balaban J connectivity index is 0. The van der Waals surface area contributed by atoms with Gasteiger partial charge < -0.3 is 0 Å². The zero-order valence-corrected chi connectivity index (χ0v) is 7.39. The number of hydrogen-bond donors (Lipinski definition) is 0. The first-order chi connectivity index (χ1) is 4.81. The van der Waals surface area contributed by atoms with Crippen LogP contribution in [0, 0.1) is 0 Å². The first kappa shape index (κ1) is 11.9. The van der Waals surface area contributed by atoms with Gasteiger partial charge in [0.2, 0.25) is 0 Å². The van der Waals surface area contributed by atoms with Gasteiger partial charge in [0, 0.05) is 13.3 Å². The first-order valence-corrected chi connectivity index (χ1v) is 3.52. The molecule has 0 saturated heterocycles. The molecular weight excluding hydrogens is 122 g/mol. The van der Waals surface area contributed by atoms with Crippen molar-refractivity contribution in [2.75, 3.05) is 7.05 Å². The molecule has 58 valence electrons. The van der Waals surface area contributed by atoms with E-state index in [4.69, 9.17) is 0 Å². The van der Waals surface area contributed by atoms with Gasteiger partial charge in [-0.25, -0.2) is 0 Å². The molecule has 0 amide bonds. The molecule has 0 unspecified atom stereocenters. The predicted molar refractivity (Wildman–Crippen MR) is 49.7 cm³/mol. The molecule has 0 aliphatic heterocycles. The first-order valence-electron chi connectivity index (χ1n) is 3.52. The van der Waals surface area contributed by atoms with Gasteiger partial charge in [-0.05, 0) is 13.0 Å². The highest BCUT2D eigenvalue weighted by Crippen LogP contribution is 1.88. The van der Waals surface area contributed by atoms with Crippen LogP contribution in [0.1, 0.15) is 20.8 Å². The van der Waals surface area contributed by atoms with Crippen LogP contribution in [-0.2, 0) is 0 Å². The van der Waals surface area contributed by atoms with Crippen molar-refractivity contribution in [1.82, 2.24) is 0 Å². The Morgan fingerprint density at radius 3 is 2.20 bits per heavy atom. The monoisotopic (exact) mass is 139 g/mol. The van der Waals surface area contributed by atoms with Crippen LogP contribution in [0.25, 0.3) is 0 Å². The van der Waals surface area contributed by atoms with E-state index in [1.807, 2.05) is 26.8 Å². The molecule has 0 heterocycles. The third kappa shape index (κ3) is 10.2. The Morgan fingerprint density at radius 2 is 1.90 bits per heavy atom. The van der Waals surface area contributed by atoms with E-state index < -0.39 is 0 Å². The molecule has 0 aromatic carbocycles. The van der Waals surface area contributed by atoms with Crippen LogP contribution >= 0.6 is 0 Å². The van der Waals surface area contributed by atoms with Crippen molar-refractivity contribution in [3.05, 3.63) is 24.3 Å². The molecule has 0 radical (unpaired) electrons. The van der Waals surface area contributed by atoms with Crippen LogP contribution in [-0.4, -0.2) is 13.3 Å². The lowest BCUT2D eigenvalue weighted by Crippen LogP contribution is -1.67. The molecule has 1 heteroatoms. The summed E-state index contributed by atoms with van der Waals surface area (Å²) in [6.45, 7) is 9.56. The van der Waals surface area contributed by atoms with Crippen molar-refractivity contribution in [3.63, 3.8) is 0 Å². The summed E-state index contributed by atoms with van der Waals surface area (Å²) in [5, 5.41) is 0. The predicted octanol–water partition coefficient (Wildman–Crippen LogP) is 2.85.